The Bertz CT molecular complexity index is 462. The second-order valence-corrected chi connectivity index (χ2v) is 6.57. The summed E-state index contributed by atoms with van der Waals surface area (Å²) in [5.74, 6) is -0.337. The fraction of sp³-hybridized carbons (Fsp3) is 0.562. The van der Waals surface area contributed by atoms with Crippen molar-refractivity contribution in [2.45, 2.75) is 57.6 Å². The molecule has 3 N–H and O–H groups in total. The van der Waals surface area contributed by atoms with Crippen LogP contribution in [-0.4, -0.2) is 23.2 Å². The van der Waals surface area contributed by atoms with Gasteiger partial charge in [-0.05, 0) is 35.8 Å². The van der Waals surface area contributed by atoms with Crippen molar-refractivity contribution >= 4 is 5.91 Å². The van der Waals surface area contributed by atoms with Crippen LogP contribution in [0.2, 0.25) is 0 Å². The van der Waals surface area contributed by atoms with Gasteiger partial charge in [0.1, 0.15) is 6.10 Å². The molecule has 2 atom stereocenters. The van der Waals surface area contributed by atoms with Gasteiger partial charge in [0.15, 0.2) is 0 Å². The van der Waals surface area contributed by atoms with E-state index in [4.69, 9.17) is 0 Å². The molecule has 2 rings (SSSR count). The van der Waals surface area contributed by atoms with E-state index in [-0.39, 0.29) is 17.4 Å². The van der Waals surface area contributed by atoms with E-state index in [1.165, 1.54) is 11.1 Å². The van der Waals surface area contributed by atoms with Crippen molar-refractivity contribution in [2.75, 3.05) is 0 Å². The molecule has 2 unspecified atom stereocenters. The number of hydrogen-bond donors (Lipinski definition) is 3. The number of aliphatic hydroxyl groups excluding tert-OH is 1. The van der Waals surface area contributed by atoms with Gasteiger partial charge in [-0.3, -0.25) is 10.2 Å². The monoisotopic (exact) mass is 276 g/mol. The molecule has 4 heteroatoms. The maximum absolute atomic E-state index is 11.1. The molecule has 110 valence electrons. The van der Waals surface area contributed by atoms with E-state index in [9.17, 15) is 9.90 Å². The van der Waals surface area contributed by atoms with E-state index in [0.29, 0.717) is 6.42 Å². The molecule has 0 saturated carbocycles. The Morgan fingerprint density at radius 1 is 1.25 bits per heavy atom. The van der Waals surface area contributed by atoms with Gasteiger partial charge in [0.25, 0.3) is 5.91 Å². The summed E-state index contributed by atoms with van der Waals surface area (Å²) in [6, 6.07) is 8.82. The van der Waals surface area contributed by atoms with Crippen molar-refractivity contribution in [1.29, 1.82) is 0 Å². The van der Waals surface area contributed by atoms with E-state index in [2.05, 4.69) is 55.9 Å². The van der Waals surface area contributed by atoms with E-state index >= 15 is 0 Å². The van der Waals surface area contributed by atoms with E-state index in [1.54, 1.807) is 0 Å². The highest BCUT2D eigenvalue weighted by molar-refractivity contribution is 5.80. The minimum atomic E-state index is -0.885. The zero-order chi connectivity index (χ0) is 14.8. The van der Waals surface area contributed by atoms with Crippen LogP contribution in [-0.2, 0) is 16.6 Å². The SMILES string of the molecule is CC(C)(C)c1ccc(CCC2CC(O)C(=O)NN2)cc1. The molecular formula is C16H24N2O2. The molecule has 0 radical (unpaired) electrons. The van der Waals surface area contributed by atoms with Crippen molar-refractivity contribution in [2.24, 2.45) is 0 Å². The Balaban J connectivity index is 1.87. The van der Waals surface area contributed by atoms with Gasteiger partial charge < -0.3 is 5.11 Å². The molecule has 1 aromatic rings. The third kappa shape index (κ3) is 3.81. The summed E-state index contributed by atoms with van der Waals surface area (Å²) in [6.45, 7) is 6.62. The first-order valence-corrected chi connectivity index (χ1v) is 7.19. The molecule has 1 aromatic carbocycles. The Morgan fingerprint density at radius 2 is 1.90 bits per heavy atom. The van der Waals surface area contributed by atoms with Gasteiger partial charge in [-0.15, -0.1) is 0 Å². The normalized spacial score (nSPS) is 23.5. The van der Waals surface area contributed by atoms with Crippen LogP contribution in [0.25, 0.3) is 0 Å². The van der Waals surface area contributed by atoms with Crippen molar-refractivity contribution in [3.63, 3.8) is 0 Å². The number of aryl methyl sites for hydroxylation is 1. The number of nitrogens with one attached hydrogen (secondary N) is 2. The summed E-state index contributed by atoms with van der Waals surface area (Å²) in [6.07, 6.45) is 1.42. The lowest BCUT2D eigenvalue weighted by molar-refractivity contribution is -0.134. The standard InChI is InChI=1S/C16H24N2O2/c1-16(2,3)12-7-4-11(5-8-12)6-9-13-10-14(19)15(20)18-17-13/h4-5,7-8,13-14,17,19H,6,9-10H2,1-3H3,(H,18,20). The summed E-state index contributed by atoms with van der Waals surface area (Å²) in [5, 5.41) is 9.52. The molecule has 1 heterocycles. The summed E-state index contributed by atoms with van der Waals surface area (Å²) >= 11 is 0. The van der Waals surface area contributed by atoms with Gasteiger partial charge in [-0.25, -0.2) is 5.43 Å². The highest BCUT2D eigenvalue weighted by atomic mass is 16.3. The third-order valence-electron chi connectivity index (χ3n) is 3.81. The smallest absolute Gasteiger partial charge is 0.262 e. The molecule has 1 aliphatic rings. The van der Waals surface area contributed by atoms with Gasteiger partial charge in [0, 0.05) is 6.04 Å². The minimum absolute atomic E-state index is 0.130. The largest absolute Gasteiger partial charge is 0.383 e. The number of rotatable bonds is 3. The van der Waals surface area contributed by atoms with Crippen LogP contribution in [0.5, 0.6) is 0 Å². The topological polar surface area (TPSA) is 61.4 Å². The Labute approximate surface area is 120 Å². The lowest BCUT2D eigenvalue weighted by atomic mass is 9.86. The predicted octanol–water partition coefficient (Wildman–Crippen LogP) is 1.67. The molecule has 1 amide bonds. The minimum Gasteiger partial charge on any atom is -0.383 e. The van der Waals surface area contributed by atoms with Crippen LogP contribution >= 0.6 is 0 Å². The molecule has 1 fully saturated rings. The first kappa shape index (κ1) is 15.0. The Morgan fingerprint density at radius 3 is 2.45 bits per heavy atom. The van der Waals surface area contributed by atoms with E-state index in [0.717, 1.165) is 12.8 Å². The zero-order valence-corrected chi connectivity index (χ0v) is 12.4. The molecular weight excluding hydrogens is 252 g/mol. The third-order valence-corrected chi connectivity index (χ3v) is 3.81. The quantitative estimate of drug-likeness (QED) is 0.787. The molecule has 0 aliphatic carbocycles. The summed E-state index contributed by atoms with van der Waals surface area (Å²) in [5.41, 5.74) is 8.25. The molecule has 20 heavy (non-hydrogen) atoms. The zero-order valence-electron chi connectivity index (χ0n) is 12.4. The van der Waals surface area contributed by atoms with Crippen LogP contribution in [0, 0.1) is 0 Å². The second-order valence-electron chi connectivity index (χ2n) is 6.57. The Kier molecular flexibility index (Phi) is 4.45. The first-order valence-electron chi connectivity index (χ1n) is 7.19. The lowest BCUT2D eigenvalue weighted by Gasteiger charge is -2.27. The van der Waals surface area contributed by atoms with Gasteiger partial charge in [-0.2, -0.15) is 0 Å². The van der Waals surface area contributed by atoms with Gasteiger partial charge in [0.2, 0.25) is 0 Å². The van der Waals surface area contributed by atoms with Crippen molar-refractivity contribution in [1.82, 2.24) is 10.9 Å². The molecule has 1 saturated heterocycles. The van der Waals surface area contributed by atoms with Gasteiger partial charge in [0.05, 0.1) is 0 Å². The number of benzene rings is 1. The van der Waals surface area contributed by atoms with Crippen molar-refractivity contribution < 1.29 is 9.90 Å². The van der Waals surface area contributed by atoms with Crippen molar-refractivity contribution in [3.8, 4) is 0 Å². The second kappa shape index (κ2) is 5.94. The van der Waals surface area contributed by atoms with Crippen LogP contribution in [0.15, 0.2) is 24.3 Å². The highest BCUT2D eigenvalue weighted by Crippen LogP contribution is 2.22. The number of carbonyl (C=O) groups excluding carboxylic acids is 1. The first-order chi connectivity index (χ1) is 9.36. The van der Waals surface area contributed by atoms with E-state index < -0.39 is 6.10 Å². The van der Waals surface area contributed by atoms with Crippen molar-refractivity contribution in [3.05, 3.63) is 35.4 Å². The number of aliphatic hydroxyl groups is 1. The van der Waals surface area contributed by atoms with Gasteiger partial charge in [-0.1, -0.05) is 45.0 Å². The van der Waals surface area contributed by atoms with E-state index in [1.807, 2.05) is 0 Å². The number of amides is 1. The van der Waals surface area contributed by atoms with Gasteiger partial charge >= 0.3 is 0 Å². The molecule has 1 aliphatic heterocycles. The molecule has 0 aromatic heterocycles. The predicted molar refractivity (Wildman–Crippen MR) is 79.2 cm³/mol. The average molecular weight is 276 g/mol. The van der Waals surface area contributed by atoms with Crippen LogP contribution < -0.4 is 10.9 Å². The summed E-state index contributed by atoms with van der Waals surface area (Å²) < 4.78 is 0. The lowest BCUT2D eigenvalue weighted by Crippen LogP contribution is -2.55. The van der Waals surface area contributed by atoms with Crippen LogP contribution in [0.4, 0.5) is 0 Å². The number of hydrazine groups is 1. The average Bonchev–Trinajstić information content (AvgIpc) is 2.40. The van der Waals surface area contributed by atoms with Crippen LogP contribution in [0.3, 0.4) is 0 Å². The number of hydrogen-bond acceptors (Lipinski definition) is 3. The van der Waals surface area contributed by atoms with Crippen LogP contribution in [0.1, 0.15) is 44.7 Å². The fourth-order valence-electron chi connectivity index (χ4n) is 2.39. The molecule has 0 spiro atoms. The molecule has 4 nitrogen and oxygen atoms in total. The summed E-state index contributed by atoms with van der Waals surface area (Å²) in [7, 11) is 0. The Hall–Kier alpha value is -1.39. The molecule has 0 bridgehead atoms. The number of carbonyl (C=O) groups is 1. The fourth-order valence-corrected chi connectivity index (χ4v) is 2.39. The maximum atomic E-state index is 11.1. The summed E-state index contributed by atoms with van der Waals surface area (Å²) in [4.78, 5) is 11.1. The maximum Gasteiger partial charge on any atom is 0.262 e. The highest BCUT2D eigenvalue weighted by Gasteiger charge is 2.25.